The number of halogens is 1. The van der Waals surface area contributed by atoms with Crippen molar-refractivity contribution in [3.63, 3.8) is 0 Å². The maximum atomic E-state index is 6.28. The molecule has 0 bridgehead atoms. The SMILES string of the molecule is CC(C)(C)NCc1ccc(Cl)cc1N(CC1CC1)C1CC1. The van der Waals surface area contributed by atoms with Crippen LogP contribution < -0.4 is 10.2 Å². The number of rotatable bonds is 6. The van der Waals surface area contributed by atoms with Gasteiger partial charge in [0.05, 0.1) is 0 Å². The summed E-state index contributed by atoms with van der Waals surface area (Å²) in [6, 6.07) is 7.13. The van der Waals surface area contributed by atoms with Crippen LogP contribution >= 0.6 is 11.6 Å². The lowest BCUT2D eigenvalue weighted by atomic mass is 10.1. The van der Waals surface area contributed by atoms with Crippen LogP contribution in [0.15, 0.2) is 18.2 Å². The Morgan fingerprint density at radius 3 is 2.48 bits per heavy atom. The Morgan fingerprint density at radius 2 is 1.90 bits per heavy atom. The van der Waals surface area contributed by atoms with Gasteiger partial charge in [-0.2, -0.15) is 0 Å². The smallest absolute Gasteiger partial charge is 0.0429 e. The van der Waals surface area contributed by atoms with E-state index in [1.54, 1.807) is 0 Å². The molecule has 2 nitrogen and oxygen atoms in total. The standard InChI is InChI=1S/C18H27ClN2/c1-18(2,3)20-11-14-6-7-15(19)10-17(14)21(16-8-9-16)12-13-4-5-13/h6-7,10,13,16,20H,4-5,8-9,11-12H2,1-3H3. The molecule has 1 N–H and O–H groups in total. The van der Waals surface area contributed by atoms with Gasteiger partial charge in [0.25, 0.3) is 0 Å². The van der Waals surface area contributed by atoms with E-state index < -0.39 is 0 Å². The van der Waals surface area contributed by atoms with Gasteiger partial charge in [-0.1, -0.05) is 17.7 Å². The molecule has 1 aromatic rings. The summed E-state index contributed by atoms with van der Waals surface area (Å²) in [5, 5.41) is 4.46. The fraction of sp³-hybridized carbons (Fsp3) is 0.667. The van der Waals surface area contributed by atoms with E-state index >= 15 is 0 Å². The Hall–Kier alpha value is -0.730. The van der Waals surface area contributed by atoms with Gasteiger partial charge in [-0.3, -0.25) is 0 Å². The fourth-order valence-corrected chi connectivity index (χ4v) is 2.89. The van der Waals surface area contributed by atoms with E-state index in [1.165, 1.54) is 43.5 Å². The van der Waals surface area contributed by atoms with Crippen LogP contribution in [-0.2, 0) is 6.54 Å². The molecular formula is C18H27ClN2. The average Bonchev–Trinajstić information content (AvgIpc) is 3.25. The van der Waals surface area contributed by atoms with E-state index in [-0.39, 0.29) is 5.54 Å². The fourth-order valence-electron chi connectivity index (χ4n) is 2.72. The van der Waals surface area contributed by atoms with Gasteiger partial charge >= 0.3 is 0 Å². The van der Waals surface area contributed by atoms with Crippen molar-refractivity contribution in [3.05, 3.63) is 28.8 Å². The molecule has 1 aromatic carbocycles. The van der Waals surface area contributed by atoms with Crippen molar-refractivity contribution in [2.45, 2.75) is 64.6 Å². The lowest BCUT2D eigenvalue weighted by Gasteiger charge is -2.29. The average molecular weight is 307 g/mol. The van der Waals surface area contributed by atoms with E-state index in [0.29, 0.717) is 0 Å². The predicted molar refractivity (Wildman–Crippen MR) is 91.1 cm³/mol. The van der Waals surface area contributed by atoms with Crippen LogP contribution in [0.1, 0.15) is 52.0 Å². The molecule has 0 aromatic heterocycles. The summed E-state index contributed by atoms with van der Waals surface area (Å²) < 4.78 is 0. The number of nitrogens with zero attached hydrogens (tertiary/aromatic N) is 1. The van der Waals surface area contributed by atoms with E-state index in [2.05, 4.69) is 43.1 Å². The highest BCUT2D eigenvalue weighted by Gasteiger charge is 2.34. The summed E-state index contributed by atoms with van der Waals surface area (Å²) in [5.41, 5.74) is 2.87. The Kier molecular flexibility index (Phi) is 4.20. The summed E-state index contributed by atoms with van der Waals surface area (Å²) in [4.78, 5) is 2.63. The third kappa shape index (κ3) is 4.37. The molecule has 116 valence electrons. The molecule has 0 heterocycles. The zero-order valence-corrected chi connectivity index (χ0v) is 14.2. The van der Waals surface area contributed by atoms with Crippen LogP contribution in [0.3, 0.4) is 0 Å². The molecule has 0 unspecified atom stereocenters. The lowest BCUT2D eigenvalue weighted by Crippen LogP contribution is -2.36. The Bertz CT molecular complexity index is 498. The molecule has 21 heavy (non-hydrogen) atoms. The van der Waals surface area contributed by atoms with Crippen molar-refractivity contribution in [2.75, 3.05) is 11.4 Å². The number of nitrogens with one attached hydrogen (secondary N) is 1. The first kappa shape index (κ1) is 15.2. The van der Waals surface area contributed by atoms with Crippen molar-refractivity contribution in [1.29, 1.82) is 0 Å². The zero-order valence-electron chi connectivity index (χ0n) is 13.5. The molecule has 0 aliphatic heterocycles. The Morgan fingerprint density at radius 1 is 1.19 bits per heavy atom. The highest BCUT2D eigenvalue weighted by molar-refractivity contribution is 6.30. The minimum atomic E-state index is 0.137. The van der Waals surface area contributed by atoms with Gasteiger partial charge in [0.15, 0.2) is 0 Å². The van der Waals surface area contributed by atoms with Crippen molar-refractivity contribution < 1.29 is 0 Å². The van der Waals surface area contributed by atoms with Gasteiger partial charge in [0.1, 0.15) is 0 Å². The topological polar surface area (TPSA) is 15.3 Å². The highest BCUT2D eigenvalue weighted by atomic mass is 35.5. The molecule has 2 aliphatic carbocycles. The molecule has 2 fully saturated rings. The molecule has 0 spiro atoms. The van der Waals surface area contributed by atoms with E-state index in [0.717, 1.165) is 23.5 Å². The molecule has 3 rings (SSSR count). The summed E-state index contributed by atoms with van der Waals surface area (Å²) in [5.74, 6) is 0.910. The third-order valence-corrected chi connectivity index (χ3v) is 4.54. The predicted octanol–water partition coefficient (Wildman–Crippen LogP) is 4.61. The first-order valence-electron chi connectivity index (χ1n) is 8.22. The van der Waals surface area contributed by atoms with Crippen LogP contribution in [0.4, 0.5) is 5.69 Å². The Labute approximate surface area is 133 Å². The van der Waals surface area contributed by atoms with Gasteiger partial charge in [0, 0.05) is 35.4 Å². The molecule has 0 saturated heterocycles. The lowest BCUT2D eigenvalue weighted by molar-refractivity contribution is 0.424. The van der Waals surface area contributed by atoms with E-state index in [4.69, 9.17) is 11.6 Å². The van der Waals surface area contributed by atoms with Gasteiger partial charge in [-0.15, -0.1) is 0 Å². The zero-order chi connectivity index (χ0) is 15.0. The van der Waals surface area contributed by atoms with Crippen LogP contribution in [0.2, 0.25) is 5.02 Å². The third-order valence-electron chi connectivity index (χ3n) is 4.31. The molecule has 0 amide bonds. The number of hydrogen-bond donors (Lipinski definition) is 1. The molecule has 0 radical (unpaired) electrons. The van der Waals surface area contributed by atoms with Crippen LogP contribution in [0.5, 0.6) is 0 Å². The second-order valence-electron chi connectivity index (χ2n) is 7.70. The van der Waals surface area contributed by atoms with Crippen molar-refractivity contribution >= 4 is 17.3 Å². The van der Waals surface area contributed by atoms with Gasteiger partial charge in [0.2, 0.25) is 0 Å². The summed E-state index contributed by atoms with van der Waals surface area (Å²) in [7, 11) is 0. The van der Waals surface area contributed by atoms with Crippen LogP contribution in [-0.4, -0.2) is 18.1 Å². The Balaban J connectivity index is 1.81. The van der Waals surface area contributed by atoms with Crippen LogP contribution in [0.25, 0.3) is 0 Å². The van der Waals surface area contributed by atoms with Gasteiger partial charge in [-0.05, 0) is 70.1 Å². The maximum absolute atomic E-state index is 6.28. The molecular weight excluding hydrogens is 280 g/mol. The number of benzene rings is 1. The molecule has 2 saturated carbocycles. The summed E-state index contributed by atoms with van der Waals surface area (Å²) in [6.07, 6.45) is 5.48. The highest BCUT2D eigenvalue weighted by Crippen LogP contribution is 2.39. The largest absolute Gasteiger partial charge is 0.368 e. The molecule has 0 atom stereocenters. The van der Waals surface area contributed by atoms with Crippen LogP contribution in [0, 0.1) is 5.92 Å². The minimum Gasteiger partial charge on any atom is -0.368 e. The van der Waals surface area contributed by atoms with Gasteiger partial charge < -0.3 is 10.2 Å². The first-order valence-corrected chi connectivity index (χ1v) is 8.60. The summed E-state index contributed by atoms with van der Waals surface area (Å²) in [6.45, 7) is 8.76. The second-order valence-corrected chi connectivity index (χ2v) is 8.14. The monoisotopic (exact) mass is 306 g/mol. The molecule has 2 aliphatic rings. The second kappa shape index (κ2) is 5.81. The number of hydrogen-bond acceptors (Lipinski definition) is 2. The number of anilines is 1. The van der Waals surface area contributed by atoms with Crippen molar-refractivity contribution in [3.8, 4) is 0 Å². The van der Waals surface area contributed by atoms with Gasteiger partial charge in [-0.25, -0.2) is 0 Å². The first-order chi connectivity index (χ1) is 9.92. The van der Waals surface area contributed by atoms with Crippen molar-refractivity contribution in [1.82, 2.24) is 5.32 Å². The van der Waals surface area contributed by atoms with E-state index in [1.807, 2.05) is 6.07 Å². The molecule has 3 heteroatoms. The maximum Gasteiger partial charge on any atom is 0.0429 e. The van der Waals surface area contributed by atoms with Crippen molar-refractivity contribution in [2.24, 2.45) is 5.92 Å². The minimum absolute atomic E-state index is 0.137. The quantitative estimate of drug-likeness (QED) is 0.826. The van der Waals surface area contributed by atoms with E-state index in [9.17, 15) is 0 Å². The normalized spacial score (nSPS) is 18.9. The summed E-state index contributed by atoms with van der Waals surface area (Å²) >= 11 is 6.28.